The van der Waals surface area contributed by atoms with Crippen LogP contribution in [0.5, 0.6) is 0 Å². The second-order valence-corrected chi connectivity index (χ2v) is 6.97. The number of ketones is 1. The number of fused-ring (bicyclic) bond motifs is 1. The Bertz CT molecular complexity index is 520. The normalized spacial score (nSPS) is 26.4. The van der Waals surface area contributed by atoms with Gasteiger partial charge in [-0.1, -0.05) is 30.5 Å². The number of carbonyl (C=O) groups excluding carboxylic acids is 1. The highest BCUT2D eigenvalue weighted by atomic mass is 16.1. The van der Waals surface area contributed by atoms with Gasteiger partial charge in [-0.2, -0.15) is 0 Å². The average Bonchev–Trinajstić information content (AvgIpc) is 2.50. The molecule has 21 heavy (non-hydrogen) atoms. The number of hydrogen-bond acceptors (Lipinski definition) is 2. The van der Waals surface area contributed by atoms with Crippen molar-refractivity contribution >= 4 is 5.78 Å². The standard InChI is InChI=1S/C19H27NO/c1-14-9-10-15(2)17(12-14)19(21)13-20-11-5-7-16-6-3-4-8-18(16)20/h9-10,12,16,18H,3-8,11,13H2,1-2H3. The summed E-state index contributed by atoms with van der Waals surface area (Å²) in [7, 11) is 0. The summed E-state index contributed by atoms with van der Waals surface area (Å²) in [5.41, 5.74) is 3.22. The Labute approximate surface area is 128 Å². The molecule has 1 aliphatic heterocycles. The molecular weight excluding hydrogens is 258 g/mol. The molecule has 2 unspecified atom stereocenters. The summed E-state index contributed by atoms with van der Waals surface area (Å²) in [6.07, 6.45) is 8.04. The molecule has 2 aliphatic rings. The van der Waals surface area contributed by atoms with Gasteiger partial charge in [0.1, 0.15) is 0 Å². The highest BCUT2D eigenvalue weighted by Gasteiger charge is 2.34. The van der Waals surface area contributed by atoms with Gasteiger partial charge in [-0.25, -0.2) is 0 Å². The fourth-order valence-electron chi connectivity index (χ4n) is 4.23. The second kappa shape index (κ2) is 6.31. The van der Waals surface area contributed by atoms with E-state index in [-0.39, 0.29) is 0 Å². The van der Waals surface area contributed by atoms with Crippen LogP contribution in [-0.4, -0.2) is 29.8 Å². The van der Waals surface area contributed by atoms with Gasteiger partial charge in [0.15, 0.2) is 5.78 Å². The fraction of sp³-hybridized carbons (Fsp3) is 0.632. The van der Waals surface area contributed by atoms with Crippen molar-refractivity contribution in [2.45, 2.75) is 58.4 Å². The monoisotopic (exact) mass is 285 g/mol. The van der Waals surface area contributed by atoms with Crippen molar-refractivity contribution in [2.75, 3.05) is 13.1 Å². The summed E-state index contributed by atoms with van der Waals surface area (Å²) in [6.45, 7) is 5.84. The van der Waals surface area contributed by atoms with Crippen LogP contribution >= 0.6 is 0 Å². The number of piperidine rings is 1. The minimum Gasteiger partial charge on any atom is -0.293 e. The van der Waals surface area contributed by atoms with Crippen LogP contribution in [0.2, 0.25) is 0 Å². The van der Waals surface area contributed by atoms with Crippen molar-refractivity contribution in [3.63, 3.8) is 0 Å². The van der Waals surface area contributed by atoms with Crippen LogP contribution in [0.25, 0.3) is 0 Å². The molecule has 0 aromatic heterocycles. The lowest BCUT2D eigenvalue weighted by atomic mass is 9.78. The van der Waals surface area contributed by atoms with Gasteiger partial charge < -0.3 is 0 Å². The smallest absolute Gasteiger partial charge is 0.177 e. The average molecular weight is 285 g/mol. The van der Waals surface area contributed by atoms with Crippen molar-refractivity contribution in [3.8, 4) is 0 Å². The third-order valence-corrected chi connectivity index (χ3v) is 5.40. The number of carbonyl (C=O) groups is 1. The quantitative estimate of drug-likeness (QED) is 0.778. The zero-order valence-corrected chi connectivity index (χ0v) is 13.4. The molecule has 2 fully saturated rings. The topological polar surface area (TPSA) is 20.3 Å². The van der Waals surface area contributed by atoms with E-state index in [1.807, 2.05) is 6.92 Å². The predicted molar refractivity (Wildman–Crippen MR) is 86.8 cm³/mol. The van der Waals surface area contributed by atoms with Gasteiger partial charge in [0.05, 0.1) is 6.54 Å². The van der Waals surface area contributed by atoms with E-state index in [0.29, 0.717) is 18.4 Å². The number of Topliss-reactive ketones (excluding diaryl/α,β-unsaturated/α-hetero) is 1. The number of rotatable bonds is 3. The molecule has 1 saturated carbocycles. The Hall–Kier alpha value is -1.15. The van der Waals surface area contributed by atoms with Gasteiger partial charge in [-0.15, -0.1) is 0 Å². The van der Waals surface area contributed by atoms with E-state index in [9.17, 15) is 4.79 Å². The van der Waals surface area contributed by atoms with E-state index in [2.05, 4.69) is 30.0 Å². The molecule has 0 amide bonds. The zero-order valence-electron chi connectivity index (χ0n) is 13.4. The van der Waals surface area contributed by atoms with Crippen molar-refractivity contribution in [1.29, 1.82) is 0 Å². The summed E-state index contributed by atoms with van der Waals surface area (Å²) in [4.78, 5) is 15.2. The molecule has 0 spiro atoms. The number of aryl methyl sites for hydroxylation is 2. The van der Waals surface area contributed by atoms with Crippen LogP contribution in [0, 0.1) is 19.8 Å². The van der Waals surface area contributed by atoms with E-state index < -0.39 is 0 Å². The van der Waals surface area contributed by atoms with Gasteiger partial charge in [-0.3, -0.25) is 9.69 Å². The largest absolute Gasteiger partial charge is 0.293 e. The lowest BCUT2D eigenvalue weighted by Crippen LogP contribution is -2.48. The molecule has 2 nitrogen and oxygen atoms in total. The Kier molecular flexibility index (Phi) is 4.44. The highest BCUT2D eigenvalue weighted by molar-refractivity contribution is 5.99. The molecule has 0 radical (unpaired) electrons. The Morgan fingerprint density at radius 2 is 1.90 bits per heavy atom. The van der Waals surface area contributed by atoms with Crippen LogP contribution < -0.4 is 0 Å². The lowest BCUT2D eigenvalue weighted by Gasteiger charge is -2.43. The molecule has 1 saturated heterocycles. The summed E-state index contributed by atoms with van der Waals surface area (Å²) < 4.78 is 0. The van der Waals surface area contributed by atoms with Gasteiger partial charge in [0.2, 0.25) is 0 Å². The first-order valence-electron chi connectivity index (χ1n) is 8.49. The van der Waals surface area contributed by atoms with Crippen molar-refractivity contribution in [1.82, 2.24) is 4.90 Å². The molecule has 0 N–H and O–H groups in total. The van der Waals surface area contributed by atoms with E-state index in [1.54, 1.807) is 0 Å². The Balaban J connectivity index is 1.72. The molecular formula is C19H27NO. The van der Waals surface area contributed by atoms with Crippen LogP contribution in [-0.2, 0) is 0 Å². The van der Waals surface area contributed by atoms with Gasteiger partial charge in [0, 0.05) is 11.6 Å². The predicted octanol–water partition coefficient (Wildman–Crippen LogP) is 4.14. The molecule has 2 heteroatoms. The van der Waals surface area contributed by atoms with Crippen LogP contribution in [0.1, 0.15) is 60.0 Å². The van der Waals surface area contributed by atoms with Crippen LogP contribution in [0.3, 0.4) is 0 Å². The third kappa shape index (κ3) is 3.21. The van der Waals surface area contributed by atoms with Gasteiger partial charge in [-0.05, 0) is 63.6 Å². The van der Waals surface area contributed by atoms with Gasteiger partial charge >= 0.3 is 0 Å². The molecule has 3 rings (SSSR count). The molecule has 1 aromatic carbocycles. The zero-order chi connectivity index (χ0) is 14.8. The first-order valence-corrected chi connectivity index (χ1v) is 8.49. The maximum atomic E-state index is 12.7. The van der Waals surface area contributed by atoms with Crippen LogP contribution in [0.4, 0.5) is 0 Å². The minimum atomic E-state index is 0.308. The van der Waals surface area contributed by atoms with E-state index in [4.69, 9.17) is 0 Å². The number of likely N-dealkylation sites (tertiary alicyclic amines) is 1. The van der Waals surface area contributed by atoms with Crippen LogP contribution in [0.15, 0.2) is 18.2 Å². The highest BCUT2D eigenvalue weighted by Crippen LogP contribution is 2.35. The summed E-state index contributed by atoms with van der Waals surface area (Å²) >= 11 is 0. The first-order chi connectivity index (χ1) is 10.1. The minimum absolute atomic E-state index is 0.308. The summed E-state index contributed by atoms with van der Waals surface area (Å²) in [5.74, 6) is 1.15. The maximum Gasteiger partial charge on any atom is 0.177 e. The molecule has 114 valence electrons. The molecule has 0 bridgehead atoms. The SMILES string of the molecule is Cc1ccc(C)c(C(=O)CN2CCCC3CCCCC32)c1. The summed E-state index contributed by atoms with van der Waals surface area (Å²) in [5, 5.41) is 0. The van der Waals surface area contributed by atoms with Gasteiger partial charge in [0.25, 0.3) is 0 Å². The molecule has 1 aliphatic carbocycles. The lowest BCUT2D eigenvalue weighted by molar-refractivity contribution is 0.0539. The second-order valence-electron chi connectivity index (χ2n) is 6.97. The Morgan fingerprint density at radius 3 is 2.76 bits per heavy atom. The van der Waals surface area contributed by atoms with Crippen molar-refractivity contribution in [3.05, 3.63) is 34.9 Å². The molecule has 2 atom stereocenters. The van der Waals surface area contributed by atoms with E-state index in [0.717, 1.165) is 23.6 Å². The number of hydrogen-bond donors (Lipinski definition) is 0. The number of nitrogens with zero attached hydrogens (tertiary/aromatic N) is 1. The summed E-state index contributed by atoms with van der Waals surface area (Å²) in [6, 6.07) is 6.88. The first kappa shape index (κ1) is 14.8. The molecule has 1 heterocycles. The van der Waals surface area contributed by atoms with Crippen molar-refractivity contribution in [2.24, 2.45) is 5.92 Å². The Morgan fingerprint density at radius 1 is 1.14 bits per heavy atom. The third-order valence-electron chi connectivity index (χ3n) is 5.40. The molecule has 1 aromatic rings. The van der Waals surface area contributed by atoms with Crippen molar-refractivity contribution < 1.29 is 4.79 Å². The van der Waals surface area contributed by atoms with E-state index >= 15 is 0 Å². The number of benzene rings is 1. The van der Waals surface area contributed by atoms with E-state index in [1.165, 1.54) is 44.1 Å². The maximum absolute atomic E-state index is 12.7. The fourth-order valence-corrected chi connectivity index (χ4v) is 4.23.